The smallest absolute Gasteiger partial charge is 0.312 e. The number of anilines is 2. The van der Waals surface area contributed by atoms with E-state index in [2.05, 4.69) is 35.8 Å². The van der Waals surface area contributed by atoms with Crippen LogP contribution in [0, 0.1) is 5.41 Å². The third kappa shape index (κ3) is 5.43. The summed E-state index contributed by atoms with van der Waals surface area (Å²) in [5, 5.41) is 0. The van der Waals surface area contributed by atoms with Crippen molar-refractivity contribution in [3.63, 3.8) is 0 Å². The average Bonchev–Trinajstić information content (AvgIpc) is 2.97. The molecule has 5 nitrogen and oxygen atoms in total. The van der Waals surface area contributed by atoms with Crippen LogP contribution < -0.4 is 10.6 Å². The summed E-state index contributed by atoms with van der Waals surface area (Å²) < 4.78 is 5.66. The molecule has 2 aliphatic rings. The molecule has 3 rings (SSSR count). The molecule has 0 radical (unpaired) electrons. The number of halogens is 2. The number of hydrogen-bond acceptors (Lipinski definition) is 5. The molecule has 154 valence electrons. The van der Waals surface area contributed by atoms with Crippen LogP contribution in [0.2, 0.25) is 0 Å². The number of esters is 1. The summed E-state index contributed by atoms with van der Waals surface area (Å²) in [5.74, 6) is 0.0238. The van der Waals surface area contributed by atoms with E-state index in [1.165, 1.54) is 5.69 Å². The van der Waals surface area contributed by atoms with Gasteiger partial charge in [-0.15, -0.1) is 24.8 Å². The Kier molecular flexibility index (Phi) is 9.19. The van der Waals surface area contributed by atoms with Crippen molar-refractivity contribution in [2.45, 2.75) is 45.6 Å². The maximum Gasteiger partial charge on any atom is 0.312 e. The number of carbonyl (C=O) groups excluding carboxylic acids is 1. The van der Waals surface area contributed by atoms with Crippen LogP contribution in [-0.2, 0) is 9.53 Å². The number of cyclic esters (lactones) is 1. The predicted molar refractivity (Wildman–Crippen MR) is 116 cm³/mol. The molecular weight excluding hydrogens is 385 g/mol. The van der Waals surface area contributed by atoms with E-state index >= 15 is 0 Å². The third-order valence-corrected chi connectivity index (χ3v) is 6.08. The summed E-state index contributed by atoms with van der Waals surface area (Å²) in [4.78, 5) is 17.1. The molecule has 2 N–H and O–H groups in total. The second-order valence-corrected chi connectivity index (χ2v) is 7.43. The molecule has 1 unspecified atom stereocenters. The van der Waals surface area contributed by atoms with E-state index in [4.69, 9.17) is 10.5 Å². The molecule has 0 spiro atoms. The van der Waals surface area contributed by atoms with Gasteiger partial charge in [-0.1, -0.05) is 13.8 Å². The number of ether oxygens (including phenoxy) is 1. The van der Waals surface area contributed by atoms with Gasteiger partial charge in [0, 0.05) is 50.5 Å². The first-order valence-electron chi connectivity index (χ1n) is 9.60. The minimum absolute atomic E-state index is 0. The van der Waals surface area contributed by atoms with E-state index in [0.29, 0.717) is 0 Å². The molecule has 2 fully saturated rings. The zero-order valence-electron chi connectivity index (χ0n) is 16.4. The fraction of sp³-hybridized carbons (Fsp3) is 0.650. The van der Waals surface area contributed by atoms with Crippen LogP contribution in [0.3, 0.4) is 0 Å². The van der Waals surface area contributed by atoms with Gasteiger partial charge in [-0.2, -0.15) is 0 Å². The standard InChI is InChI=1S/C20H31N3O2.2ClH/c1-3-20(4-2)15-18(25-19(20)24)9-10-22-11-13-23(14-12-22)17-7-5-16(21)6-8-17;;/h5-8,18H,3-4,9-15,21H2,1-2H3;2*1H. The highest BCUT2D eigenvalue weighted by Gasteiger charge is 2.46. The van der Waals surface area contributed by atoms with Gasteiger partial charge < -0.3 is 15.4 Å². The monoisotopic (exact) mass is 417 g/mol. The topological polar surface area (TPSA) is 58.8 Å². The molecule has 2 aliphatic heterocycles. The van der Waals surface area contributed by atoms with E-state index in [0.717, 1.165) is 64.1 Å². The van der Waals surface area contributed by atoms with E-state index in [1.54, 1.807) is 0 Å². The number of piperazine rings is 1. The number of rotatable bonds is 6. The highest BCUT2D eigenvalue weighted by atomic mass is 35.5. The first kappa shape index (κ1) is 23.9. The molecular formula is C20H33Cl2N3O2. The van der Waals surface area contributed by atoms with E-state index in [1.807, 2.05) is 12.1 Å². The number of carbonyl (C=O) groups is 1. The average molecular weight is 418 g/mol. The third-order valence-electron chi connectivity index (χ3n) is 6.08. The normalized spacial score (nSPS) is 21.9. The minimum Gasteiger partial charge on any atom is -0.462 e. The summed E-state index contributed by atoms with van der Waals surface area (Å²) in [6.45, 7) is 9.38. The molecule has 7 heteroatoms. The largest absolute Gasteiger partial charge is 0.462 e. The van der Waals surface area contributed by atoms with Crippen molar-refractivity contribution < 1.29 is 9.53 Å². The molecule has 0 saturated carbocycles. The Bertz CT molecular complexity index is 585. The first-order valence-corrected chi connectivity index (χ1v) is 9.60. The lowest BCUT2D eigenvalue weighted by Gasteiger charge is -2.36. The van der Waals surface area contributed by atoms with Gasteiger partial charge in [-0.3, -0.25) is 9.69 Å². The molecule has 0 amide bonds. The number of nitrogens with two attached hydrogens (primary N) is 1. The first-order chi connectivity index (χ1) is 12.1. The fourth-order valence-electron chi connectivity index (χ4n) is 4.07. The van der Waals surface area contributed by atoms with Crippen LogP contribution in [0.4, 0.5) is 11.4 Å². The second-order valence-electron chi connectivity index (χ2n) is 7.43. The summed E-state index contributed by atoms with van der Waals surface area (Å²) in [6, 6.07) is 8.11. The molecule has 0 aliphatic carbocycles. The maximum absolute atomic E-state index is 12.2. The minimum atomic E-state index is -0.224. The number of hydrogen-bond donors (Lipinski definition) is 1. The molecule has 0 aromatic heterocycles. The van der Waals surface area contributed by atoms with Gasteiger partial charge in [0.25, 0.3) is 0 Å². The Labute approximate surface area is 175 Å². The van der Waals surface area contributed by atoms with Crippen LogP contribution in [0.15, 0.2) is 24.3 Å². The number of nitrogen functional groups attached to an aromatic ring is 1. The highest BCUT2D eigenvalue weighted by Crippen LogP contribution is 2.41. The Morgan fingerprint density at radius 3 is 2.19 bits per heavy atom. The van der Waals surface area contributed by atoms with Crippen molar-refractivity contribution in [3.05, 3.63) is 24.3 Å². The van der Waals surface area contributed by atoms with Gasteiger partial charge in [0.15, 0.2) is 0 Å². The van der Waals surface area contributed by atoms with Crippen LogP contribution in [-0.4, -0.2) is 49.7 Å². The zero-order chi connectivity index (χ0) is 17.9. The Morgan fingerprint density at radius 1 is 1.07 bits per heavy atom. The molecule has 1 aromatic carbocycles. The van der Waals surface area contributed by atoms with Gasteiger partial charge in [0.1, 0.15) is 6.10 Å². The van der Waals surface area contributed by atoms with Gasteiger partial charge in [0.05, 0.1) is 5.41 Å². The summed E-state index contributed by atoms with van der Waals surface area (Å²) in [5.41, 5.74) is 7.59. The van der Waals surface area contributed by atoms with E-state index < -0.39 is 0 Å². The predicted octanol–water partition coefficient (Wildman–Crippen LogP) is 3.75. The lowest BCUT2D eigenvalue weighted by Crippen LogP contribution is -2.47. The van der Waals surface area contributed by atoms with Crippen LogP contribution in [0.5, 0.6) is 0 Å². The van der Waals surface area contributed by atoms with Crippen molar-refractivity contribution in [3.8, 4) is 0 Å². The highest BCUT2D eigenvalue weighted by molar-refractivity contribution is 5.85. The summed E-state index contributed by atoms with van der Waals surface area (Å²) in [7, 11) is 0. The van der Waals surface area contributed by atoms with Crippen LogP contribution in [0.25, 0.3) is 0 Å². The Morgan fingerprint density at radius 2 is 1.67 bits per heavy atom. The zero-order valence-corrected chi connectivity index (χ0v) is 18.0. The molecule has 2 heterocycles. The van der Waals surface area contributed by atoms with Crippen molar-refractivity contribution in [2.24, 2.45) is 5.41 Å². The molecule has 2 saturated heterocycles. The Balaban J connectivity index is 0.00000182. The molecule has 27 heavy (non-hydrogen) atoms. The summed E-state index contributed by atoms with van der Waals surface area (Å²) in [6.07, 6.45) is 3.72. The van der Waals surface area contributed by atoms with E-state index in [-0.39, 0.29) is 42.3 Å². The molecule has 0 bridgehead atoms. The van der Waals surface area contributed by atoms with E-state index in [9.17, 15) is 4.79 Å². The second kappa shape index (κ2) is 10.4. The maximum atomic E-state index is 12.2. The van der Waals surface area contributed by atoms with Crippen molar-refractivity contribution >= 4 is 42.2 Å². The summed E-state index contributed by atoms with van der Waals surface area (Å²) >= 11 is 0. The SMILES string of the molecule is CCC1(CC)CC(CCN2CCN(c3ccc(N)cc3)CC2)OC1=O.Cl.Cl. The van der Waals surface area contributed by atoms with Crippen molar-refractivity contribution in [2.75, 3.05) is 43.4 Å². The Hall–Kier alpha value is -1.17. The van der Waals surface area contributed by atoms with Crippen molar-refractivity contribution in [1.29, 1.82) is 0 Å². The number of benzene rings is 1. The van der Waals surface area contributed by atoms with Crippen molar-refractivity contribution in [1.82, 2.24) is 4.90 Å². The van der Waals surface area contributed by atoms with Gasteiger partial charge in [-0.05, 0) is 43.5 Å². The van der Waals surface area contributed by atoms with Crippen LogP contribution in [0.1, 0.15) is 39.5 Å². The lowest BCUT2D eigenvalue weighted by molar-refractivity contribution is -0.149. The van der Waals surface area contributed by atoms with Crippen LogP contribution >= 0.6 is 24.8 Å². The molecule has 1 atom stereocenters. The number of nitrogens with zero attached hydrogens (tertiary/aromatic N) is 2. The molecule has 1 aromatic rings. The quantitative estimate of drug-likeness (QED) is 0.563. The van der Waals surface area contributed by atoms with Gasteiger partial charge >= 0.3 is 5.97 Å². The van der Waals surface area contributed by atoms with Gasteiger partial charge in [0.2, 0.25) is 0 Å². The van der Waals surface area contributed by atoms with Gasteiger partial charge in [-0.25, -0.2) is 0 Å². The fourth-order valence-corrected chi connectivity index (χ4v) is 4.07. The lowest BCUT2D eigenvalue weighted by atomic mass is 9.79.